The molecular weight excluding hydrogens is 257 g/mol. The summed E-state index contributed by atoms with van der Waals surface area (Å²) in [5, 5.41) is -0.0191. The van der Waals surface area contributed by atoms with E-state index >= 15 is 0 Å². The minimum atomic E-state index is -0.416. The molecule has 94 valence electrons. The van der Waals surface area contributed by atoms with Crippen molar-refractivity contribution in [2.24, 2.45) is 0 Å². The highest BCUT2D eigenvalue weighted by Gasteiger charge is 2.11. The zero-order chi connectivity index (χ0) is 13.0. The molecule has 0 aliphatic heterocycles. The van der Waals surface area contributed by atoms with E-state index in [9.17, 15) is 4.39 Å². The molecule has 0 saturated heterocycles. The summed E-state index contributed by atoms with van der Waals surface area (Å²) < 4.78 is 18.9. The third kappa shape index (κ3) is 2.92. The average Bonchev–Trinajstić information content (AvgIpc) is 2.36. The minimum absolute atomic E-state index is 0.0191. The van der Waals surface area contributed by atoms with Gasteiger partial charge >= 0.3 is 6.01 Å². The van der Waals surface area contributed by atoms with Crippen molar-refractivity contribution in [1.82, 2.24) is 15.0 Å². The van der Waals surface area contributed by atoms with E-state index in [1.54, 1.807) is 18.2 Å². The van der Waals surface area contributed by atoms with Crippen molar-refractivity contribution in [1.29, 1.82) is 0 Å². The molecule has 0 amide bonds. The van der Waals surface area contributed by atoms with Crippen LogP contribution >= 0.6 is 11.6 Å². The van der Waals surface area contributed by atoms with Crippen LogP contribution in [0.5, 0.6) is 6.01 Å². The van der Waals surface area contributed by atoms with Gasteiger partial charge in [-0.3, -0.25) is 0 Å². The van der Waals surface area contributed by atoms with Crippen LogP contribution in [0.25, 0.3) is 11.4 Å². The standard InChI is InChI=1S/C12H11ClFN3O/c1-2-7-18-12-16-10(15-11(13)17-12)8-5-3-4-6-9(8)14/h3-6H,2,7H2,1H3. The van der Waals surface area contributed by atoms with Crippen LogP contribution in [-0.4, -0.2) is 21.6 Å². The van der Waals surface area contributed by atoms with E-state index in [2.05, 4.69) is 15.0 Å². The van der Waals surface area contributed by atoms with Gasteiger partial charge in [-0.1, -0.05) is 19.1 Å². The Morgan fingerprint density at radius 2 is 2.00 bits per heavy atom. The maximum absolute atomic E-state index is 13.6. The smallest absolute Gasteiger partial charge is 0.321 e. The third-order valence-corrected chi connectivity index (χ3v) is 2.31. The van der Waals surface area contributed by atoms with Gasteiger partial charge < -0.3 is 4.74 Å². The van der Waals surface area contributed by atoms with E-state index in [0.717, 1.165) is 6.42 Å². The van der Waals surface area contributed by atoms with Gasteiger partial charge in [-0.15, -0.1) is 0 Å². The van der Waals surface area contributed by atoms with Crippen molar-refractivity contribution in [3.63, 3.8) is 0 Å². The molecule has 0 unspecified atom stereocenters. The second kappa shape index (κ2) is 5.73. The fraction of sp³-hybridized carbons (Fsp3) is 0.250. The van der Waals surface area contributed by atoms with Gasteiger partial charge in [0.15, 0.2) is 5.82 Å². The molecule has 0 spiro atoms. The van der Waals surface area contributed by atoms with E-state index in [1.807, 2.05) is 6.92 Å². The summed E-state index contributed by atoms with van der Waals surface area (Å²) in [5.74, 6) is -0.250. The van der Waals surface area contributed by atoms with Gasteiger partial charge in [0.1, 0.15) is 5.82 Å². The Kier molecular flexibility index (Phi) is 4.04. The van der Waals surface area contributed by atoms with E-state index in [1.165, 1.54) is 6.07 Å². The van der Waals surface area contributed by atoms with E-state index in [-0.39, 0.29) is 22.7 Å². The Labute approximate surface area is 109 Å². The van der Waals surface area contributed by atoms with Crippen LogP contribution < -0.4 is 4.74 Å². The molecule has 2 aromatic rings. The number of nitrogens with zero attached hydrogens (tertiary/aromatic N) is 3. The van der Waals surface area contributed by atoms with E-state index in [4.69, 9.17) is 16.3 Å². The summed E-state index contributed by atoms with van der Waals surface area (Å²) >= 11 is 5.77. The number of benzene rings is 1. The summed E-state index contributed by atoms with van der Waals surface area (Å²) in [5.41, 5.74) is 0.267. The minimum Gasteiger partial charge on any atom is -0.463 e. The van der Waals surface area contributed by atoms with Crippen LogP contribution in [0.3, 0.4) is 0 Å². The van der Waals surface area contributed by atoms with Gasteiger partial charge in [0.05, 0.1) is 12.2 Å². The highest BCUT2D eigenvalue weighted by Crippen LogP contribution is 2.21. The average molecular weight is 268 g/mol. The van der Waals surface area contributed by atoms with Crippen molar-refractivity contribution in [3.05, 3.63) is 35.4 Å². The molecule has 0 bridgehead atoms. The fourth-order valence-corrected chi connectivity index (χ4v) is 1.51. The first-order valence-electron chi connectivity index (χ1n) is 5.50. The normalized spacial score (nSPS) is 10.4. The lowest BCUT2D eigenvalue weighted by atomic mass is 10.2. The van der Waals surface area contributed by atoms with Crippen LogP contribution in [0.2, 0.25) is 5.28 Å². The Morgan fingerprint density at radius 3 is 2.72 bits per heavy atom. The summed E-state index contributed by atoms with van der Waals surface area (Å²) in [6.45, 7) is 2.43. The van der Waals surface area contributed by atoms with Crippen molar-refractivity contribution in [3.8, 4) is 17.4 Å². The summed E-state index contributed by atoms with van der Waals surface area (Å²) in [6.07, 6.45) is 0.818. The SMILES string of the molecule is CCCOc1nc(Cl)nc(-c2ccccc2F)n1. The lowest BCUT2D eigenvalue weighted by Gasteiger charge is -2.05. The highest BCUT2D eigenvalue weighted by molar-refractivity contribution is 6.28. The van der Waals surface area contributed by atoms with Crippen LogP contribution in [0.1, 0.15) is 13.3 Å². The summed E-state index contributed by atoms with van der Waals surface area (Å²) in [6, 6.07) is 6.30. The van der Waals surface area contributed by atoms with Crippen LogP contribution in [-0.2, 0) is 0 Å². The Morgan fingerprint density at radius 1 is 1.22 bits per heavy atom. The number of aromatic nitrogens is 3. The molecule has 0 atom stereocenters. The number of ether oxygens (including phenoxy) is 1. The van der Waals surface area contributed by atoms with Gasteiger partial charge in [-0.05, 0) is 30.2 Å². The second-order valence-corrected chi connectivity index (χ2v) is 3.88. The third-order valence-electron chi connectivity index (χ3n) is 2.14. The molecule has 1 heterocycles. The van der Waals surface area contributed by atoms with Crippen molar-refractivity contribution in [2.75, 3.05) is 6.61 Å². The van der Waals surface area contributed by atoms with Crippen molar-refractivity contribution in [2.45, 2.75) is 13.3 Å². The quantitative estimate of drug-likeness (QED) is 0.854. The molecular formula is C12H11ClFN3O. The van der Waals surface area contributed by atoms with Gasteiger partial charge in [0, 0.05) is 0 Å². The molecule has 4 nitrogen and oxygen atoms in total. The number of hydrogen-bond donors (Lipinski definition) is 0. The van der Waals surface area contributed by atoms with Gasteiger partial charge in [-0.2, -0.15) is 15.0 Å². The largest absolute Gasteiger partial charge is 0.463 e. The first-order valence-corrected chi connectivity index (χ1v) is 5.87. The lowest BCUT2D eigenvalue weighted by Crippen LogP contribution is -2.03. The monoisotopic (exact) mass is 267 g/mol. The zero-order valence-corrected chi connectivity index (χ0v) is 10.5. The molecule has 1 aromatic heterocycles. The topological polar surface area (TPSA) is 47.9 Å². The first kappa shape index (κ1) is 12.7. The van der Waals surface area contributed by atoms with Crippen LogP contribution in [0.4, 0.5) is 4.39 Å². The predicted molar refractivity (Wildman–Crippen MR) is 66.0 cm³/mol. The second-order valence-electron chi connectivity index (χ2n) is 3.54. The Balaban J connectivity index is 2.39. The van der Waals surface area contributed by atoms with Gasteiger partial charge in [-0.25, -0.2) is 4.39 Å². The first-order chi connectivity index (χ1) is 8.70. The lowest BCUT2D eigenvalue weighted by molar-refractivity contribution is 0.291. The molecule has 0 saturated carbocycles. The van der Waals surface area contributed by atoms with Crippen molar-refractivity contribution >= 4 is 11.6 Å². The molecule has 0 fully saturated rings. The highest BCUT2D eigenvalue weighted by atomic mass is 35.5. The summed E-state index contributed by atoms with van der Waals surface area (Å²) in [7, 11) is 0. The van der Waals surface area contributed by atoms with Crippen LogP contribution in [0.15, 0.2) is 24.3 Å². The van der Waals surface area contributed by atoms with E-state index < -0.39 is 5.82 Å². The molecule has 2 rings (SSSR count). The molecule has 18 heavy (non-hydrogen) atoms. The van der Waals surface area contributed by atoms with Crippen molar-refractivity contribution < 1.29 is 9.13 Å². The zero-order valence-electron chi connectivity index (χ0n) is 9.73. The molecule has 1 aromatic carbocycles. The Bertz CT molecular complexity index is 551. The number of hydrogen-bond acceptors (Lipinski definition) is 4. The molecule has 0 radical (unpaired) electrons. The molecule has 0 aliphatic carbocycles. The fourth-order valence-electron chi connectivity index (χ4n) is 1.35. The Hall–Kier alpha value is -1.75. The predicted octanol–water partition coefficient (Wildman–Crippen LogP) is 3.12. The molecule has 0 aliphatic rings. The van der Waals surface area contributed by atoms with Gasteiger partial charge in [0.25, 0.3) is 0 Å². The maximum atomic E-state index is 13.6. The molecule has 6 heteroatoms. The number of rotatable bonds is 4. The summed E-state index contributed by atoms with van der Waals surface area (Å²) in [4.78, 5) is 11.8. The molecule has 0 N–H and O–H groups in total. The van der Waals surface area contributed by atoms with Gasteiger partial charge in [0.2, 0.25) is 5.28 Å². The number of halogens is 2. The van der Waals surface area contributed by atoms with E-state index in [0.29, 0.717) is 6.61 Å². The maximum Gasteiger partial charge on any atom is 0.321 e. The van der Waals surface area contributed by atoms with Crippen LogP contribution in [0, 0.1) is 5.82 Å².